The molecule has 1 aromatic heterocycles. The van der Waals surface area contributed by atoms with Crippen molar-refractivity contribution in [3.8, 4) is 22.6 Å². The molecule has 0 aliphatic rings. The molecule has 0 aliphatic heterocycles. The minimum atomic E-state index is -0.832. The number of benzene rings is 2. The molecule has 1 amide bonds. The summed E-state index contributed by atoms with van der Waals surface area (Å²) < 4.78 is 38.1. The maximum Gasteiger partial charge on any atom is 0.257 e. The highest BCUT2D eigenvalue weighted by atomic mass is 19.1. The number of ether oxygens (including phenoxy) is 2. The topological polar surface area (TPSA) is 76.2 Å². The normalized spacial score (nSPS) is 10.7. The molecule has 3 rings (SSSR count). The number of anilines is 1. The van der Waals surface area contributed by atoms with Crippen LogP contribution in [0.3, 0.4) is 0 Å². The third-order valence-corrected chi connectivity index (χ3v) is 4.14. The van der Waals surface area contributed by atoms with Gasteiger partial charge in [0, 0.05) is 22.9 Å². The smallest absolute Gasteiger partial charge is 0.257 e. The Morgan fingerprint density at radius 1 is 1.03 bits per heavy atom. The monoisotopic (exact) mass is 401 g/mol. The Morgan fingerprint density at radius 3 is 2.34 bits per heavy atom. The molecule has 29 heavy (non-hydrogen) atoms. The summed E-state index contributed by atoms with van der Waals surface area (Å²) in [6, 6.07) is 8.02. The SMILES string of the molecule is CCOc1ccc(-c2c(NC(=O)c3cc(F)cc(F)c3)n[nH]c2C)cc1OCC. The Kier molecular flexibility index (Phi) is 6.11. The van der Waals surface area contributed by atoms with Crippen LogP contribution in [0.25, 0.3) is 11.1 Å². The van der Waals surface area contributed by atoms with E-state index in [9.17, 15) is 13.6 Å². The molecule has 0 fully saturated rings. The van der Waals surface area contributed by atoms with E-state index in [2.05, 4.69) is 15.5 Å². The maximum absolute atomic E-state index is 13.4. The molecule has 2 aromatic carbocycles. The largest absolute Gasteiger partial charge is 0.490 e. The molecule has 2 N–H and O–H groups in total. The third kappa shape index (κ3) is 4.53. The Bertz CT molecular complexity index is 1010. The molecule has 3 aromatic rings. The van der Waals surface area contributed by atoms with Crippen LogP contribution in [0.15, 0.2) is 36.4 Å². The van der Waals surface area contributed by atoms with E-state index < -0.39 is 17.5 Å². The van der Waals surface area contributed by atoms with Crippen molar-refractivity contribution in [2.24, 2.45) is 0 Å². The first-order chi connectivity index (χ1) is 13.9. The van der Waals surface area contributed by atoms with Gasteiger partial charge in [0.1, 0.15) is 11.6 Å². The molecule has 0 saturated carbocycles. The number of hydrogen-bond acceptors (Lipinski definition) is 4. The minimum absolute atomic E-state index is 0.143. The lowest BCUT2D eigenvalue weighted by Crippen LogP contribution is -2.13. The molecule has 0 atom stereocenters. The summed E-state index contributed by atoms with van der Waals surface area (Å²) in [5.41, 5.74) is 1.94. The van der Waals surface area contributed by atoms with Gasteiger partial charge in [0.25, 0.3) is 5.91 Å². The van der Waals surface area contributed by atoms with E-state index in [1.165, 1.54) is 0 Å². The molecule has 0 bridgehead atoms. The van der Waals surface area contributed by atoms with Crippen LogP contribution in [0, 0.1) is 18.6 Å². The number of aromatic amines is 1. The highest BCUT2D eigenvalue weighted by molar-refractivity contribution is 6.05. The van der Waals surface area contributed by atoms with E-state index >= 15 is 0 Å². The van der Waals surface area contributed by atoms with Gasteiger partial charge in [-0.3, -0.25) is 9.89 Å². The summed E-state index contributed by atoms with van der Waals surface area (Å²) in [5.74, 6) is -0.921. The van der Waals surface area contributed by atoms with Gasteiger partial charge in [-0.2, -0.15) is 5.10 Å². The van der Waals surface area contributed by atoms with Crippen molar-refractivity contribution >= 4 is 11.7 Å². The van der Waals surface area contributed by atoms with Crippen LogP contribution in [0.5, 0.6) is 11.5 Å². The number of hydrogen-bond donors (Lipinski definition) is 2. The number of carbonyl (C=O) groups excluding carboxylic acids is 1. The number of H-pyrrole nitrogens is 1. The number of halogens is 2. The molecule has 0 unspecified atom stereocenters. The second-order valence-electron chi connectivity index (χ2n) is 6.21. The molecule has 0 aliphatic carbocycles. The van der Waals surface area contributed by atoms with E-state index in [0.29, 0.717) is 42.0 Å². The summed E-state index contributed by atoms with van der Waals surface area (Å²) in [7, 11) is 0. The predicted octanol–water partition coefficient (Wildman–Crippen LogP) is 4.71. The first-order valence-electron chi connectivity index (χ1n) is 9.15. The average Bonchev–Trinajstić information content (AvgIpc) is 3.03. The van der Waals surface area contributed by atoms with Gasteiger partial charge < -0.3 is 14.8 Å². The Labute approximate surface area is 166 Å². The lowest BCUT2D eigenvalue weighted by molar-refractivity contribution is 0.102. The van der Waals surface area contributed by atoms with E-state index in [4.69, 9.17) is 9.47 Å². The molecular formula is C21H21F2N3O3. The summed E-state index contributed by atoms with van der Waals surface area (Å²) in [6.07, 6.45) is 0. The number of nitrogens with one attached hydrogen (secondary N) is 2. The fraction of sp³-hybridized carbons (Fsp3) is 0.238. The van der Waals surface area contributed by atoms with Gasteiger partial charge in [-0.05, 0) is 50.6 Å². The maximum atomic E-state index is 13.4. The van der Waals surface area contributed by atoms with Crippen LogP contribution in [0.2, 0.25) is 0 Å². The number of aromatic nitrogens is 2. The van der Waals surface area contributed by atoms with Crippen LogP contribution >= 0.6 is 0 Å². The zero-order chi connectivity index (χ0) is 21.0. The summed E-state index contributed by atoms with van der Waals surface area (Å²) in [4.78, 5) is 12.5. The molecule has 0 radical (unpaired) electrons. The van der Waals surface area contributed by atoms with E-state index in [1.54, 1.807) is 19.1 Å². The van der Waals surface area contributed by atoms with E-state index in [0.717, 1.165) is 17.7 Å². The minimum Gasteiger partial charge on any atom is -0.490 e. The summed E-state index contributed by atoms with van der Waals surface area (Å²) in [5, 5.41) is 9.55. The van der Waals surface area contributed by atoms with Gasteiger partial charge in [0.05, 0.1) is 13.2 Å². The molecule has 152 valence electrons. The molecule has 8 heteroatoms. The fourth-order valence-electron chi connectivity index (χ4n) is 2.94. The van der Waals surface area contributed by atoms with Gasteiger partial charge in [-0.1, -0.05) is 6.07 Å². The standard InChI is InChI=1S/C21H21F2N3O3/c1-4-28-17-7-6-13(10-18(17)29-5-2)19-12(3)25-26-20(19)24-21(27)14-8-15(22)11-16(23)9-14/h6-11H,4-5H2,1-3H3,(H2,24,25,26,27). The Hall–Kier alpha value is -3.42. The number of carbonyl (C=O) groups is 1. The number of rotatable bonds is 7. The van der Waals surface area contributed by atoms with Crippen molar-refractivity contribution in [2.45, 2.75) is 20.8 Å². The van der Waals surface area contributed by atoms with Gasteiger partial charge >= 0.3 is 0 Å². The predicted molar refractivity (Wildman–Crippen MR) is 105 cm³/mol. The van der Waals surface area contributed by atoms with Crippen LogP contribution in [-0.2, 0) is 0 Å². The Balaban J connectivity index is 1.95. The summed E-state index contributed by atoms with van der Waals surface area (Å²) >= 11 is 0. The van der Waals surface area contributed by atoms with Crippen molar-refractivity contribution in [3.05, 3.63) is 59.3 Å². The average molecular weight is 401 g/mol. The molecule has 0 saturated heterocycles. The van der Waals surface area contributed by atoms with Gasteiger partial charge in [-0.25, -0.2) is 8.78 Å². The quantitative estimate of drug-likeness (QED) is 0.601. The third-order valence-electron chi connectivity index (χ3n) is 4.14. The van der Waals surface area contributed by atoms with Crippen molar-refractivity contribution < 1.29 is 23.0 Å². The lowest BCUT2D eigenvalue weighted by Gasteiger charge is -2.13. The molecular weight excluding hydrogens is 380 g/mol. The second-order valence-corrected chi connectivity index (χ2v) is 6.21. The van der Waals surface area contributed by atoms with Crippen LogP contribution in [0.1, 0.15) is 29.9 Å². The van der Waals surface area contributed by atoms with E-state index in [1.807, 2.05) is 19.9 Å². The number of aryl methyl sites for hydroxylation is 1. The highest BCUT2D eigenvalue weighted by Gasteiger charge is 2.18. The lowest BCUT2D eigenvalue weighted by atomic mass is 10.0. The van der Waals surface area contributed by atoms with Gasteiger partial charge in [-0.15, -0.1) is 0 Å². The van der Waals surface area contributed by atoms with Crippen molar-refractivity contribution in [1.29, 1.82) is 0 Å². The summed E-state index contributed by atoms with van der Waals surface area (Å²) in [6.45, 7) is 6.51. The molecule has 1 heterocycles. The number of amides is 1. The van der Waals surface area contributed by atoms with Crippen LogP contribution < -0.4 is 14.8 Å². The first-order valence-corrected chi connectivity index (χ1v) is 9.15. The van der Waals surface area contributed by atoms with Gasteiger partial charge in [0.15, 0.2) is 17.3 Å². The second kappa shape index (κ2) is 8.72. The molecule has 6 nitrogen and oxygen atoms in total. The van der Waals surface area contributed by atoms with Crippen molar-refractivity contribution in [2.75, 3.05) is 18.5 Å². The van der Waals surface area contributed by atoms with E-state index in [-0.39, 0.29) is 11.4 Å². The fourth-order valence-corrected chi connectivity index (χ4v) is 2.94. The zero-order valence-electron chi connectivity index (χ0n) is 16.3. The highest BCUT2D eigenvalue weighted by Crippen LogP contribution is 2.36. The van der Waals surface area contributed by atoms with Crippen LogP contribution in [-0.4, -0.2) is 29.3 Å². The van der Waals surface area contributed by atoms with Crippen molar-refractivity contribution in [1.82, 2.24) is 10.2 Å². The van der Waals surface area contributed by atoms with Crippen molar-refractivity contribution in [3.63, 3.8) is 0 Å². The first kappa shape index (κ1) is 20.3. The molecule has 0 spiro atoms. The van der Waals surface area contributed by atoms with Gasteiger partial charge in [0.2, 0.25) is 0 Å². The Morgan fingerprint density at radius 2 is 1.69 bits per heavy atom. The van der Waals surface area contributed by atoms with Crippen LogP contribution in [0.4, 0.5) is 14.6 Å². The number of nitrogens with zero attached hydrogens (tertiary/aromatic N) is 1. The zero-order valence-corrected chi connectivity index (χ0v) is 16.3.